The molecule has 0 saturated heterocycles. The highest BCUT2D eigenvalue weighted by molar-refractivity contribution is 6.30. The summed E-state index contributed by atoms with van der Waals surface area (Å²) in [6.07, 6.45) is 1.86. The van der Waals surface area contributed by atoms with Crippen molar-refractivity contribution in [3.05, 3.63) is 107 Å². The van der Waals surface area contributed by atoms with E-state index in [1.165, 1.54) is 12.8 Å². The fourth-order valence-corrected chi connectivity index (χ4v) is 4.64. The number of aliphatic hydroxyl groups excluding tert-OH is 1. The van der Waals surface area contributed by atoms with E-state index in [-0.39, 0.29) is 6.61 Å². The number of benzene rings is 3. The molecule has 5 rings (SSSR count). The molecule has 38 heavy (non-hydrogen) atoms. The number of halogens is 1. The number of aromatic nitrogens is 2. The maximum Gasteiger partial charge on any atom is 0.227 e. The van der Waals surface area contributed by atoms with Crippen LogP contribution in [0.25, 0.3) is 5.69 Å². The quantitative estimate of drug-likeness (QED) is 0.216. The smallest absolute Gasteiger partial charge is 0.227 e. The van der Waals surface area contributed by atoms with Crippen LogP contribution in [0.15, 0.2) is 84.9 Å². The van der Waals surface area contributed by atoms with Crippen molar-refractivity contribution in [1.82, 2.24) is 14.7 Å². The van der Waals surface area contributed by atoms with E-state index in [1.807, 2.05) is 96.5 Å². The van der Waals surface area contributed by atoms with Gasteiger partial charge < -0.3 is 14.6 Å². The van der Waals surface area contributed by atoms with Crippen molar-refractivity contribution in [2.45, 2.75) is 39.0 Å². The first-order chi connectivity index (χ1) is 18.5. The molecule has 1 heterocycles. The number of hydrogen-bond acceptors (Lipinski definition) is 5. The van der Waals surface area contributed by atoms with Gasteiger partial charge in [0, 0.05) is 24.7 Å². The predicted molar refractivity (Wildman–Crippen MR) is 150 cm³/mol. The number of nitrogens with zero attached hydrogens (tertiary/aromatic N) is 3. The van der Waals surface area contributed by atoms with Crippen LogP contribution in [0, 0.1) is 12.8 Å². The Morgan fingerprint density at radius 2 is 1.68 bits per heavy atom. The lowest BCUT2D eigenvalue weighted by atomic mass is 10.2. The second-order valence-electron chi connectivity index (χ2n) is 9.96. The summed E-state index contributed by atoms with van der Waals surface area (Å²) in [6.45, 7) is 4.84. The van der Waals surface area contributed by atoms with Gasteiger partial charge in [0.1, 0.15) is 5.75 Å². The van der Waals surface area contributed by atoms with Crippen molar-refractivity contribution >= 4 is 11.6 Å². The Morgan fingerprint density at radius 3 is 2.37 bits per heavy atom. The third kappa shape index (κ3) is 7.23. The van der Waals surface area contributed by atoms with Crippen LogP contribution in [-0.4, -0.2) is 45.6 Å². The number of para-hydroxylation sites is 1. The third-order valence-electron chi connectivity index (χ3n) is 6.65. The molecule has 1 aromatic heterocycles. The molecule has 0 bridgehead atoms. The molecular formula is C31H34ClN3O3. The topological polar surface area (TPSA) is 59.8 Å². The Balaban J connectivity index is 1.35. The molecule has 1 N–H and O–H groups in total. The van der Waals surface area contributed by atoms with Gasteiger partial charge >= 0.3 is 0 Å². The SMILES string of the molecule is Cc1nn(-c2ccc(Cl)cc2)c(Oc2ccccc2)c1CN(CC(O)COCc1ccccc1)CC1CC1. The van der Waals surface area contributed by atoms with E-state index in [0.717, 1.165) is 34.8 Å². The van der Waals surface area contributed by atoms with E-state index in [0.29, 0.717) is 36.5 Å². The number of ether oxygens (including phenoxy) is 2. The first-order valence-electron chi connectivity index (χ1n) is 13.1. The van der Waals surface area contributed by atoms with E-state index >= 15 is 0 Å². The number of rotatable bonds is 13. The van der Waals surface area contributed by atoms with Crippen LogP contribution in [0.3, 0.4) is 0 Å². The van der Waals surface area contributed by atoms with Crippen LogP contribution in [0.4, 0.5) is 0 Å². The van der Waals surface area contributed by atoms with Gasteiger partial charge in [-0.15, -0.1) is 0 Å². The fourth-order valence-electron chi connectivity index (χ4n) is 4.51. The summed E-state index contributed by atoms with van der Waals surface area (Å²) in [4.78, 5) is 2.31. The number of aryl methyl sites for hydroxylation is 1. The first-order valence-corrected chi connectivity index (χ1v) is 13.5. The van der Waals surface area contributed by atoms with Gasteiger partial charge in [-0.3, -0.25) is 4.90 Å². The highest BCUT2D eigenvalue weighted by Gasteiger charge is 2.28. The number of hydrogen-bond donors (Lipinski definition) is 1. The fraction of sp³-hybridized carbons (Fsp3) is 0.323. The van der Waals surface area contributed by atoms with Gasteiger partial charge in [-0.2, -0.15) is 5.10 Å². The zero-order valence-corrected chi connectivity index (χ0v) is 22.4. The van der Waals surface area contributed by atoms with Gasteiger partial charge in [0.15, 0.2) is 0 Å². The number of aliphatic hydroxyl groups is 1. The standard InChI is InChI=1S/C31H34ClN3O3/c1-23-30(20-34(18-24-12-13-24)19-28(36)22-37-21-25-8-4-2-5-9-25)31(38-29-10-6-3-7-11-29)35(33-23)27-16-14-26(32)15-17-27/h2-11,14-17,24,28,36H,12-13,18-22H2,1H3. The molecule has 1 atom stereocenters. The van der Waals surface area contributed by atoms with Gasteiger partial charge in [0.05, 0.1) is 36.3 Å². The molecule has 1 unspecified atom stereocenters. The maximum atomic E-state index is 10.9. The molecule has 1 fully saturated rings. The molecule has 1 aliphatic rings. The summed E-state index contributed by atoms with van der Waals surface area (Å²) in [5.41, 5.74) is 3.86. The van der Waals surface area contributed by atoms with Crippen molar-refractivity contribution in [3.8, 4) is 17.3 Å². The molecule has 0 amide bonds. The summed E-state index contributed by atoms with van der Waals surface area (Å²) >= 11 is 6.15. The van der Waals surface area contributed by atoms with E-state index in [9.17, 15) is 5.11 Å². The van der Waals surface area contributed by atoms with Crippen LogP contribution < -0.4 is 4.74 Å². The Kier molecular flexibility index (Phi) is 8.76. The molecule has 3 aromatic carbocycles. The summed E-state index contributed by atoms with van der Waals surface area (Å²) in [5.74, 6) is 2.08. The molecule has 0 spiro atoms. The Hall–Kier alpha value is -3.16. The normalized spacial score (nSPS) is 14.1. The van der Waals surface area contributed by atoms with Gasteiger partial charge in [0.25, 0.3) is 0 Å². The van der Waals surface area contributed by atoms with E-state index < -0.39 is 6.10 Å². The minimum Gasteiger partial charge on any atom is -0.439 e. The van der Waals surface area contributed by atoms with Crippen molar-refractivity contribution < 1.29 is 14.6 Å². The van der Waals surface area contributed by atoms with Crippen molar-refractivity contribution in [2.75, 3.05) is 19.7 Å². The minimum absolute atomic E-state index is 0.284. The summed E-state index contributed by atoms with van der Waals surface area (Å²) in [7, 11) is 0. The molecule has 6 nitrogen and oxygen atoms in total. The molecule has 0 radical (unpaired) electrons. The van der Waals surface area contributed by atoms with Crippen molar-refractivity contribution in [1.29, 1.82) is 0 Å². The third-order valence-corrected chi connectivity index (χ3v) is 6.90. The van der Waals surface area contributed by atoms with Crippen LogP contribution >= 0.6 is 11.6 Å². The van der Waals surface area contributed by atoms with Crippen molar-refractivity contribution in [2.24, 2.45) is 5.92 Å². The Labute approximate surface area is 229 Å². The van der Waals surface area contributed by atoms with Crippen LogP contribution in [0.1, 0.15) is 29.7 Å². The molecule has 7 heteroatoms. The lowest BCUT2D eigenvalue weighted by Gasteiger charge is -2.25. The first kappa shape index (κ1) is 26.4. The van der Waals surface area contributed by atoms with Gasteiger partial charge in [-0.25, -0.2) is 4.68 Å². The molecule has 1 saturated carbocycles. The lowest BCUT2D eigenvalue weighted by Crippen LogP contribution is -2.36. The van der Waals surface area contributed by atoms with Crippen LogP contribution in [-0.2, 0) is 17.9 Å². The second kappa shape index (κ2) is 12.6. The van der Waals surface area contributed by atoms with Gasteiger partial charge in [-0.05, 0) is 67.6 Å². The van der Waals surface area contributed by atoms with E-state index in [2.05, 4.69) is 4.90 Å². The van der Waals surface area contributed by atoms with E-state index in [1.54, 1.807) is 0 Å². The minimum atomic E-state index is -0.595. The summed E-state index contributed by atoms with van der Waals surface area (Å²) in [6, 6.07) is 27.4. The maximum absolute atomic E-state index is 10.9. The average Bonchev–Trinajstić information content (AvgIpc) is 3.70. The second-order valence-corrected chi connectivity index (χ2v) is 10.4. The zero-order valence-electron chi connectivity index (χ0n) is 21.7. The van der Waals surface area contributed by atoms with Gasteiger partial charge in [-0.1, -0.05) is 60.1 Å². The largest absolute Gasteiger partial charge is 0.439 e. The van der Waals surface area contributed by atoms with Crippen LogP contribution in [0.5, 0.6) is 11.6 Å². The highest BCUT2D eigenvalue weighted by Crippen LogP contribution is 2.34. The predicted octanol–water partition coefficient (Wildman–Crippen LogP) is 6.42. The molecule has 198 valence electrons. The van der Waals surface area contributed by atoms with Crippen molar-refractivity contribution in [3.63, 3.8) is 0 Å². The van der Waals surface area contributed by atoms with Crippen LogP contribution in [0.2, 0.25) is 5.02 Å². The molecule has 4 aromatic rings. The molecule has 0 aliphatic heterocycles. The monoisotopic (exact) mass is 531 g/mol. The zero-order chi connectivity index (χ0) is 26.3. The van der Waals surface area contributed by atoms with Gasteiger partial charge in [0.2, 0.25) is 5.88 Å². The summed E-state index contributed by atoms with van der Waals surface area (Å²) < 4.78 is 14.1. The summed E-state index contributed by atoms with van der Waals surface area (Å²) in [5, 5.41) is 16.4. The Morgan fingerprint density at radius 1 is 1.00 bits per heavy atom. The highest BCUT2D eigenvalue weighted by atomic mass is 35.5. The average molecular weight is 532 g/mol. The molecular weight excluding hydrogens is 498 g/mol. The van der Waals surface area contributed by atoms with E-state index in [4.69, 9.17) is 26.2 Å². The Bertz CT molecular complexity index is 1290. The molecule has 1 aliphatic carbocycles. The lowest BCUT2D eigenvalue weighted by molar-refractivity contribution is 0.00769.